The number of rotatable bonds is 3. The summed E-state index contributed by atoms with van der Waals surface area (Å²) >= 11 is 2.37. The first-order chi connectivity index (χ1) is 8.61. The molecule has 1 N–H and O–H groups in total. The van der Waals surface area contributed by atoms with Crippen LogP contribution in [0.3, 0.4) is 0 Å². The maximum atomic E-state index is 3.67. The Kier molecular flexibility index (Phi) is 4.90. The van der Waals surface area contributed by atoms with Gasteiger partial charge in [-0.2, -0.15) is 0 Å². The molecular formula is C15H23IN2. The second kappa shape index (κ2) is 6.24. The molecule has 0 spiro atoms. The largest absolute Gasteiger partial charge is 0.365 e. The second-order valence-electron chi connectivity index (χ2n) is 5.45. The predicted molar refractivity (Wildman–Crippen MR) is 87.2 cm³/mol. The van der Waals surface area contributed by atoms with Crippen molar-refractivity contribution in [2.24, 2.45) is 5.92 Å². The summed E-state index contributed by atoms with van der Waals surface area (Å²) < 4.78 is 1.31. The Hall–Kier alpha value is -0.290. The Morgan fingerprint density at radius 1 is 1.33 bits per heavy atom. The fourth-order valence-electron chi connectivity index (χ4n) is 2.63. The number of nitrogens with one attached hydrogen (secondary N) is 1. The maximum Gasteiger partial charge on any atom is 0.0438 e. The van der Waals surface area contributed by atoms with Crippen LogP contribution in [0.4, 0.5) is 5.69 Å². The predicted octanol–water partition coefficient (Wildman–Crippen LogP) is 3.50. The highest BCUT2D eigenvalue weighted by Gasteiger charge is 2.29. The molecular weight excluding hydrogens is 335 g/mol. The quantitative estimate of drug-likeness (QED) is 0.832. The van der Waals surface area contributed by atoms with E-state index in [2.05, 4.69) is 77.8 Å². The molecule has 1 heterocycles. The van der Waals surface area contributed by atoms with Crippen LogP contribution in [-0.2, 0) is 0 Å². The molecule has 18 heavy (non-hydrogen) atoms. The summed E-state index contributed by atoms with van der Waals surface area (Å²) in [7, 11) is 0. The van der Waals surface area contributed by atoms with Crippen molar-refractivity contribution >= 4 is 28.3 Å². The maximum absolute atomic E-state index is 3.67. The van der Waals surface area contributed by atoms with Gasteiger partial charge in [-0.05, 0) is 59.2 Å². The average molecular weight is 358 g/mol. The normalized spacial score (nSPS) is 24.6. The first kappa shape index (κ1) is 14.1. The van der Waals surface area contributed by atoms with Crippen molar-refractivity contribution < 1.29 is 0 Å². The van der Waals surface area contributed by atoms with Gasteiger partial charge in [-0.3, -0.25) is 0 Å². The van der Waals surface area contributed by atoms with Crippen molar-refractivity contribution in [3.05, 3.63) is 27.8 Å². The molecule has 0 saturated carbocycles. The van der Waals surface area contributed by atoms with E-state index in [1.807, 2.05) is 0 Å². The van der Waals surface area contributed by atoms with Crippen LogP contribution in [-0.4, -0.2) is 25.2 Å². The summed E-state index contributed by atoms with van der Waals surface area (Å²) in [5.41, 5.74) is 1.37. The van der Waals surface area contributed by atoms with Gasteiger partial charge in [0.1, 0.15) is 0 Å². The fourth-order valence-corrected chi connectivity index (χ4v) is 2.99. The Balaban J connectivity index is 2.21. The highest BCUT2D eigenvalue weighted by Crippen LogP contribution is 2.25. The summed E-state index contributed by atoms with van der Waals surface area (Å²) in [4.78, 5) is 2.59. The summed E-state index contributed by atoms with van der Waals surface area (Å²) in [6, 6.07) is 10.2. The molecule has 0 aromatic heterocycles. The first-order valence-corrected chi connectivity index (χ1v) is 7.95. The van der Waals surface area contributed by atoms with Gasteiger partial charge in [-0.25, -0.2) is 0 Å². The SMILES string of the molecule is CCC1CN(c2ccc(I)cc2)C(C(C)C)CN1. The van der Waals surface area contributed by atoms with E-state index in [1.165, 1.54) is 15.7 Å². The van der Waals surface area contributed by atoms with Crippen LogP contribution in [0, 0.1) is 9.49 Å². The molecule has 2 atom stereocenters. The zero-order valence-electron chi connectivity index (χ0n) is 11.5. The van der Waals surface area contributed by atoms with Crippen molar-refractivity contribution in [2.75, 3.05) is 18.0 Å². The van der Waals surface area contributed by atoms with E-state index in [4.69, 9.17) is 0 Å². The molecule has 1 saturated heterocycles. The lowest BCUT2D eigenvalue weighted by Crippen LogP contribution is -2.58. The molecule has 1 aliphatic rings. The molecule has 1 aromatic carbocycles. The summed E-state index contributed by atoms with van der Waals surface area (Å²) in [6.45, 7) is 9.12. The molecule has 0 radical (unpaired) electrons. The molecule has 2 rings (SSSR count). The Morgan fingerprint density at radius 2 is 2.00 bits per heavy atom. The highest BCUT2D eigenvalue weighted by molar-refractivity contribution is 14.1. The topological polar surface area (TPSA) is 15.3 Å². The Labute approximate surface area is 124 Å². The second-order valence-corrected chi connectivity index (χ2v) is 6.70. The third-order valence-electron chi connectivity index (χ3n) is 3.85. The van der Waals surface area contributed by atoms with E-state index in [1.54, 1.807) is 0 Å². The highest BCUT2D eigenvalue weighted by atomic mass is 127. The monoisotopic (exact) mass is 358 g/mol. The van der Waals surface area contributed by atoms with Gasteiger partial charge in [0.25, 0.3) is 0 Å². The number of benzene rings is 1. The van der Waals surface area contributed by atoms with Crippen LogP contribution in [0.25, 0.3) is 0 Å². The van der Waals surface area contributed by atoms with Crippen LogP contribution in [0.15, 0.2) is 24.3 Å². The van der Waals surface area contributed by atoms with Gasteiger partial charge in [-0.15, -0.1) is 0 Å². The van der Waals surface area contributed by atoms with E-state index in [-0.39, 0.29) is 0 Å². The smallest absolute Gasteiger partial charge is 0.0438 e. The van der Waals surface area contributed by atoms with Crippen LogP contribution >= 0.6 is 22.6 Å². The standard InChI is InChI=1S/C15H23IN2/c1-4-13-10-18(15(9-17-13)11(2)3)14-7-5-12(16)6-8-14/h5-8,11,13,15,17H,4,9-10H2,1-3H3. The van der Waals surface area contributed by atoms with Crippen LogP contribution in [0.1, 0.15) is 27.2 Å². The van der Waals surface area contributed by atoms with Crippen molar-refractivity contribution in [2.45, 2.75) is 39.3 Å². The minimum atomic E-state index is 0.605. The number of nitrogens with zero attached hydrogens (tertiary/aromatic N) is 1. The number of piperazine rings is 1. The number of halogens is 1. The van der Waals surface area contributed by atoms with Gasteiger partial charge in [0.15, 0.2) is 0 Å². The van der Waals surface area contributed by atoms with E-state index in [0.717, 1.165) is 13.1 Å². The van der Waals surface area contributed by atoms with Crippen molar-refractivity contribution in [1.82, 2.24) is 5.32 Å². The number of hydrogen-bond acceptors (Lipinski definition) is 2. The van der Waals surface area contributed by atoms with E-state index < -0.39 is 0 Å². The Morgan fingerprint density at radius 3 is 2.56 bits per heavy atom. The van der Waals surface area contributed by atoms with Crippen LogP contribution in [0.5, 0.6) is 0 Å². The van der Waals surface area contributed by atoms with E-state index >= 15 is 0 Å². The third-order valence-corrected chi connectivity index (χ3v) is 4.57. The van der Waals surface area contributed by atoms with Crippen molar-refractivity contribution in [3.63, 3.8) is 0 Å². The average Bonchev–Trinajstić information content (AvgIpc) is 2.38. The van der Waals surface area contributed by atoms with E-state index in [9.17, 15) is 0 Å². The van der Waals surface area contributed by atoms with Crippen LogP contribution < -0.4 is 10.2 Å². The minimum absolute atomic E-state index is 0.605. The van der Waals surface area contributed by atoms with Gasteiger partial charge in [0.05, 0.1) is 0 Å². The summed E-state index contributed by atoms with van der Waals surface area (Å²) in [6.07, 6.45) is 1.20. The van der Waals surface area contributed by atoms with E-state index in [0.29, 0.717) is 18.0 Å². The zero-order chi connectivity index (χ0) is 13.1. The molecule has 0 amide bonds. The number of hydrogen-bond donors (Lipinski definition) is 1. The summed E-state index contributed by atoms with van der Waals surface area (Å²) in [5, 5.41) is 3.67. The van der Waals surface area contributed by atoms with Gasteiger partial charge in [0.2, 0.25) is 0 Å². The molecule has 2 nitrogen and oxygen atoms in total. The first-order valence-electron chi connectivity index (χ1n) is 6.87. The molecule has 100 valence electrons. The van der Waals surface area contributed by atoms with Crippen molar-refractivity contribution in [1.29, 1.82) is 0 Å². The molecule has 1 aliphatic heterocycles. The summed E-state index contributed by atoms with van der Waals surface area (Å²) in [5.74, 6) is 0.676. The van der Waals surface area contributed by atoms with Gasteiger partial charge >= 0.3 is 0 Å². The van der Waals surface area contributed by atoms with Gasteiger partial charge < -0.3 is 10.2 Å². The zero-order valence-corrected chi connectivity index (χ0v) is 13.6. The van der Waals surface area contributed by atoms with Crippen LogP contribution in [0.2, 0.25) is 0 Å². The lowest BCUT2D eigenvalue weighted by atomic mass is 9.97. The molecule has 0 bridgehead atoms. The fraction of sp³-hybridized carbons (Fsp3) is 0.600. The molecule has 1 aromatic rings. The van der Waals surface area contributed by atoms with Gasteiger partial charge in [-0.1, -0.05) is 20.8 Å². The third kappa shape index (κ3) is 3.18. The lowest BCUT2D eigenvalue weighted by molar-refractivity contribution is 0.333. The molecule has 0 aliphatic carbocycles. The molecule has 1 fully saturated rings. The lowest BCUT2D eigenvalue weighted by Gasteiger charge is -2.43. The van der Waals surface area contributed by atoms with Crippen molar-refractivity contribution in [3.8, 4) is 0 Å². The molecule has 3 heteroatoms. The number of anilines is 1. The van der Waals surface area contributed by atoms with Gasteiger partial charge in [0, 0.05) is 34.4 Å². The molecule has 2 unspecified atom stereocenters. The minimum Gasteiger partial charge on any atom is -0.365 e. The Bertz CT molecular complexity index is 375.